The van der Waals surface area contributed by atoms with Gasteiger partial charge in [-0.1, -0.05) is 85.7 Å². The summed E-state index contributed by atoms with van der Waals surface area (Å²) in [5.41, 5.74) is 4.52. The Kier molecular flexibility index (Phi) is 10.8. The number of rotatable bonds is 8. The number of dihydropyridines is 1. The van der Waals surface area contributed by atoms with Crippen LogP contribution in [-0.4, -0.2) is 78.3 Å². The van der Waals surface area contributed by atoms with E-state index in [4.69, 9.17) is 0 Å². The molecule has 0 spiro atoms. The van der Waals surface area contributed by atoms with Crippen LogP contribution in [0, 0.1) is 23.7 Å². The zero-order valence-electron chi connectivity index (χ0n) is 37.9. The summed E-state index contributed by atoms with van der Waals surface area (Å²) < 4.78 is 2.20. The summed E-state index contributed by atoms with van der Waals surface area (Å²) in [6, 6.07) is 14.8. The molecule has 4 heterocycles. The number of nitrogens with one attached hydrogen (secondary N) is 1. The summed E-state index contributed by atoms with van der Waals surface area (Å²) in [6.07, 6.45) is 9.40. The van der Waals surface area contributed by atoms with E-state index in [1.165, 1.54) is 11.0 Å². The van der Waals surface area contributed by atoms with Crippen LogP contribution in [0.15, 0.2) is 71.2 Å². The minimum Gasteiger partial charge on any atom is -0.387 e. The van der Waals surface area contributed by atoms with Gasteiger partial charge in [-0.2, -0.15) is 0 Å². The van der Waals surface area contributed by atoms with Gasteiger partial charge < -0.3 is 19.7 Å². The number of amides is 2. The number of nitrogens with zero attached hydrogens (tertiary/aromatic N) is 4. The normalized spacial score (nSPS) is 17.3. The highest BCUT2D eigenvalue weighted by Crippen LogP contribution is 2.49. The van der Waals surface area contributed by atoms with Crippen molar-refractivity contribution in [1.82, 2.24) is 19.7 Å². The van der Waals surface area contributed by atoms with Crippen molar-refractivity contribution in [3.05, 3.63) is 93.2 Å². The highest BCUT2D eigenvalue weighted by molar-refractivity contribution is 6.42. The number of imide groups is 1. The van der Waals surface area contributed by atoms with E-state index in [0.29, 0.717) is 23.0 Å². The summed E-state index contributed by atoms with van der Waals surface area (Å²) in [6.45, 7) is 21.7. The van der Waals surface area contributed by atoms with Gasteiger partial charge in [0.15, 0.2) is 0 Å². The van der Waals surface area contributed by atoms with Gasteiger partial charge in [-0.3, -0.25) is 24.1 Å². The Hall–Kier alpha value is -5.54. The monoisotopic (exact) mass is 831 g/mol. The van der Waals surface area contributed by atoms with E-state index >= 15 is 4.79 Å². The molecule has 9 heteroatoms. The molecular formula is C53H61N5O4. The van der Waals surface area contributed by atoms with E-state index in [0.717, 1.165) is 123 Å². The van der Waals surface area contributed by atoms with Crippen molar-refractivity contribution in [3.8, 4) is 0 Å². The molecule has 5 aromatic carbocycles. The number of benzene rings is 5. The summed E-state index contributed by atoms with van der Waals surface area (Å²) in [5.74, 6) is 0.428. The average Bonchev–Trinajstić information content (AvgIpc) is 3.23. The SMILES string of the molecule is CC(C)C(C(C)C)N1C(=O)c2ccc3c4ccc5c(=C6CCC6)n(C(C(C)C)C(C)C)c(=O)c6cc(N7CCN(C)CC7)c(c7ccc(c2c37)C1=O)c4c65.O=CC1=CCNC=C1. The molecule has 1 N–H and O–H groups in total. The van der Waals surface area contributed by atoms with Crippen molar-refractivity contribution in [1.29, 1.82) is 0 Å². The van der Waals surface area contributed by atoms with E-state index in [9.17, 15) is 14.4 Å². The van der Waals surface area contributed by atoms with Crippen LogP contribution >= 0.6 is 0 Å². The van der Waals surface area contributed by atoms with E-state index in [-0.39, 0.29) is 41.3 Å². The Morgan fingerprint density at radius 2 is 1.19 bits per heavy atom. The summed E-state index contributed by atoms with van der Waals surface area (Å²) in [7, 11) is 2.17. The Labute approximate surface area is 364 Å². The number of carbonyl (C=O) groups excluding carboxylic acids is 3. The fourth-order valence-electron chi connectivity index (χ4n) is 11.5. The van der Waals surface area contributed by atoms with Crippen LogP contribution in [0.1, 0.15) is 101 Å². The molecule has 2 amide bonds. The third kappa shape index (κ3) is 6.44. The van der Waals surface area contributed by atoms with Crippen molar-refractivity contribution < 1.29 is 14.4 Å². The third-order valence-corrected chi connectivity index (χ3v) is 14.3. The minimum absolute atomic E-state index is 0.0700. The Morgan fingerprint density at radius 1 is 0.629 bits per heavy atom. The molecule has 9 nitrogen and oxygen atoms in total. The Morgan fingerprint density at radius 3 is 1.73 bits per heavy atom. The number of allylic oxidation sites excluding steroid dienone is 2. The first-order chi connectivity index (χ1) is 29.7. The molecule has 10 rings (SSSR count). The number of pyridine rings is 1. The Bertz CT molecular complexity index is 2940. The van der Waals surface area contributed by atoms with Gasteiger partial charge in [0.1, 0.15) is 6.29 Å². The van der Waals surface area contributed by atoms with Crippen LogP contribution in [0.3, 0.4) is 0 Å². The second-order valence-electron chi connectivity index (χ2n) is 19.6. The van der Waals surface area contributed by atoms with Crippen LogP contribution in [0.25, 0.3) is 59.4 Å². The summed E-state index contributed by atoms with van der Waals surface area (Å²) in [4.78, 5) is 60.7. The van der Waals surface area contributed by atoms with Crippen LogP contribution in [-0.2, 0) is 4.79 Å². The highest BCUT2D eigenvalue weighted by atomic mass is 16.2. The second-order valence-corrected chi connectivity index (χ2v) is 19.6. The number of piperazine rings is 1. The maximum Gasteiger partial charge on any atom is 0.261 e. The first kappa shape index (κ1) is 41.8. The number of carbonyl (C=O) groups is 3. The van der Waals surface area contributed by atoms with Gasteiger partial charge in [0.05, 0.1) is 10.7 Å². The lowest BCUT2D eigenvalue weighted by molar-refractivity contribution is -0.104. The van der Waals surface area contributed by atoms with Gasteiger partial charge in [0.25, 0.3) is 17.4 Å². The zero-order chi connectivity index (χ0) is 43.9. The van der Waals surface area contributed by atoms with E-state index < -0.39 is 0 Å². The maximum absolute atomic E-state index is 15.3. The van der Waals surface area contributed by atoms with E-state index in [2.05, 4.69) is 112 Å². The Balaban J connectivity index is 0.000000553. The van der Waals surface area contributed by atoms with Gasteiger partial charge in [0, 0.05) is 94.1 Å². The average molecular weight is 832 g/mol. The predicted molar refractivity (Wildman–Crippen MR) is 256 cm³/mol. The van der Waals surface area contributed by atoms with Crippen LogP contribution in [0.5, 0.6) is 0 Å². The van der Waals surface area contributed by atoms with Crippen molar-refractivity contribution in [2.45, 2.75) is 86.7 Å². The minimum atomic E-state index is -0.205. The van der Waals surface area contributed by atoms with Gasteiger partial charge in [-0.05, 0) is 108 Å². The number of hydrogen-bond acceptors (Lipinski definition) is 7. The fraction of sp³-hybridized carbons (Fsp3) is 0.434. The number of likely N-dealkylation sites (N-methyl/N-ethyl adjacent to an activating group) is 1. The van der Waals surface area contributed by atoms with Gasteiger partial charge in [-0.25, -0.2) is 0 Å². The molecule has 1 saturated heterocycles. The molecule has 1 aliphatic carbocycles. The van der Waals surface area contributed by atoms with Crippen LogP contribution in [0.2, 0.25) is 0 Å². The standard InChI is InChI=1S/C47H54N4O3.C6H7NO/c1-24(2)42(25(3)4)50-44(28-11-10-12-28)32-16-13-30-29-14-17-33-39-34(46(53)51(45(33)52)43(26(5)6)27(7)8)18-15-31(37(29)39)40-36(49-21-19-48(9)20-22-49)23-35(47(50)54)38(32)41(30)40;8-5-6-1-3-7-4-2-6/h13-18,23-27,42-43H,10-12,19-22H2,1-9H3;1-3,5,7H,4H2. The van der Waals surface area contributed by atoms with E-state index in [1.54, 1.807) is 17.2 Å². The molecule has 62 heavy (non-hydrogen) atoms. The molecule has 3 aliphatic heterocycles. The first-order valence-electron chi connectivity index (χ1n) is 22.9. The zero-order valence-corrected chi connectivity index (χ0v) is 37.9. The fourth-order valence-corrected chi connectivity index (χ4v) is 11.5. The predicted octanol–water partition coefficient (Wildman–Crippen LogP) is 9.22. The first-order valence-corrected chi connectivity index (χ1v) is 22.9. The molecule has 1 aromatic heterocycles. The van der Waals surface area contributed by atoms with Crippen molar-refractivity contribution in [2.75, 3.05) is 44.7 Å². The molecular weight excluding hydrogens is 771 g/mol. The largest absolute Gasteiger partial charge is 0.387 e. The van der Waals surface area contributed by atoms with Crippen molar-refractivity contribution in [2.24, 2.45) is 23.7 Å². The molecule has 2 fully saturated rings. The number of aldehydes is 1. The molecule has 0 bridgehead atoms. The number of aromatic nitrogens is 1. The lowest BCUT2D eigenvalue weighted by Crippen LogP contribution is -2.51. The highest BCUT2D eigenvalue weighted by Gasteiger charge is 2.41. The third-order valence-electron chi connectivity index (χ3n) is 14.3. The van der Waals surface area contributed by atoms with Gasteiger partial charge in [0.2, 0.25) is 0 Å². The lowest BCUT2D eigenvalue weighted by atomic mass is 9.81. The van der Waals surface area contributed by atoms with Crippen molar-refractivity contribution in [3.63, 3.8) is 0 Å². The molecule has 1 saturated carbocycles. The molecule has 4 aliphatic rings. The van der Waals surface area contributed by atoms with E-state index in [1.807, 2.05) is 18.2 Å². The lowest BCUT2D eigenvalue weighted by Gasteiger charge is -2.39. The number of fused-ring (bicyclic) bond motifs is 2. The quantitative estimate of drug-likeness (QED) is 0.0708. The topological polar surface area (TPSA) is 95.0 Å². The van der Waals surface area contributed by atoms with Gasteiger partial charge >= 0.3 is 0 Å². The summed E-state index contributed by atoms with van der Waals surface area (Å²) in [5, 5.41) is 14.2. The number of anilines is 1. The van der Waals surface area contributed by atoms with Crippen LogP contribution in [0.4, 0.5) is 5.69 Å². The smallest absolute Gasteiger partial charge is 0.261 e. The van der Waals surface area contributed by atoms with Crippen LogP contribution < -0.4 is 21.1 Å². The maximum atomic E-state index is 15.3. The number of hydrogen-bond donors (Lipinski definition) is 1. The second kappa shape index (κ2) is 16.0. The molecule has 0 radical (unpaired) electrons. The summed E-state index contributed by atoms with van der Waals surface area (Å²) >= 11 is 0. The molecule has 0 atom stereocenters. The molecule has 0 unspecified atom stereocenters. The molecule has 322 valence electrons. The molecule has 6 aromatic rings. The van der Waals surface area contributed by atoms with Crippen molar-refractivity contribution >= 4 is 83.2 Å². The van der Waals surface area contributed by atoms with Gasteiger partial charge in [-0.15, -0.1) is 0 Å².